The van der Waals surface area contributed by atoms with Crippen LogP contribution in [-0.4, -0.2) is 28.6 Å². The molecule has 1 aliphatic carbocycles. The number of carboxylic acids is 1. The van der Waals surface area contributed by atoms with Crippen molar-refractivity contribution in [2.45, 2.75) is 39.5 Å². The van der Waals surface area contributed by atoms with E-state index < -0.39 is 17.4 Å². The number of hydrogen-bond donors (Lipinski definition) is 3. The van der Waals surface area contributed by atoms with E-state index in [-0.39, 0.29) is 6.54 Å². The standard InChI is InChI=1S/C14H21N3O3S/c1-9-3-5-14(6-4-9,11(18)19)8-16-12(20)17-13-15-7-10(2)21-13/h7,9H,3-6,8H2,1-2H3,(H,18,19)(H2,15,16,17,20). The number of carbonyl (C=O) groups excluding carboxylic acids is 1. The van der Waals surface area contributed by atoms with E-state index in [2.05, 4.69) is 22.5 Å². The van der Waals surface area contributed by atoms with Crippen molar-refractivity contribution in [1.82, 2.24) is 10.3 Å². The topological polar surface area (TPSA) is 91.3 Å². The summed E-state index contributed by atoms with van der Waals surface area (Å²) in [4.78, 5) is 28.5. The number of nitrogens with zero attached hydrogens (tertiary/aromatic N) is 1. The molecular formula is C14H21N3O3S. The molecule has 7 heteroatoms. The van der Waals surface area contributed by atoms with Crippen LogP contribution in [0.4, 0.5) is 9.93 Å². The molecule has 0 atom stereocenters. The zero-order chi connectivity index (χ0) is 15.5. The van der Waals surface area contributed by atoms with Crippen LogP contribution in [0.25, 0.3) is 0 Å². The maximum atomic E-state index is 11.8. The molecule has 0 aromatic carbocycles. The lowest BCUT2D eigenvalue weighted by Gasteiger charge is -2.35. The number of urea groups is 1. The van der Waals surface area contributed by atoms with Crippen LogP contribution in [0.15, 0.2) is 6.20 Å². The van der Waals surface area contributed by atoms with E-state index in [4.69, 9.17) is 0 Å². The summed E-state index contributed by atoms with van der Waals surface area (Å²) in [5.41, 5.74) is -0.831. The Labute approximate surface area is 128 Å². The molecule has 0 radical (unpaired) electrons. The van der Waals surface area contributed by atoms with E-state index in [0.29, 0.717) is 23.9 Å². The van der Waals surface area contributed by atoms with Crippen molar-refractivity contribution >= 4 is 28.5 Å². The van der Waals surface area contributed by atoms with E-state index in [1.54, 1.807) is 6.20 Å². The quantitative estimate of drug-likeness (QED) is 0.797. The van der Waals surface area contributed by atoms with Gasteiger partial charge >= 0.3 is 12.0 Å². The minimum Gasteiger partial charge on any atom is -0.481 e. The summed E-state index contributed by atoms with van der Waals surface area (Å²) >= 11 is 1.38. The van der Waals surface area contributed by atoms with Gasteiger partial charge in [-0.05, 0) is 38.5 Å². The molecule has 116 valence electrons. The molecule has 0 aliphatic heterocycles. The van der Waals surface area contributed by atoms with Crippen LogP contribution in [-0.2, 0) is 4.79 Å². The first-order valence-corrected chi connectivity index (χ1v) is 7.94. The Bertz CT molecular complexity index is 521. The normalized spacial score (nSPS) is 25.3. The number of rotatable bonds is 4. The zero-order valence-corrected chi connectivity index (χ0v) is 13.1. The van der Waals surface area contributed by atoms with Crippen LogP contribution in [0.2, 0.25) is 0 Å². The Kier molecular flexibility index (Phi) is 4.82. The maximum Gasteiger partial charge on any atom is 0.321 e. The largest absolute Gasteiger partial charge is 0.481 e. The number of carboxylic acid groups (broad SMARTS) is 1. The fraction of sp³-hybridized carbons (Fsp3) is 0.643. The molecule has 0 spiro atoms. The van der Waals surface area contributed by atoms with Gasteiger partial charge in [0.05, 0.1) is 5.41 Å². The van der Waals surface area contributed by atoms with Crippen LogP contribution in [0.1, 0.15) is 37.5 Å². The molecule has 0 saturated heterocycles. The highest BCUT2D eigenvalue weighted by molar-refractivity contribution is 7.15. The number of amides is 2. The molecule has 0 bridgehead atoms. The van der Waals surface area contributed by atoms with Crippen molar-refractivity contribution in [3.63, 3.8) is 0 Å². The van der Waals surface area contributed by atoms with Gasteiger partial charge in [0.1, 0.15) is 0 Å². The summed E-state index contributed by atoms with van der Waals surface area (Å²) < 4.78 is 0. The Hall–Kier alpha value is -1.63. The molecule has 1 fully saturated rings. The second-order valence-electron chi connectivity index (χ2n) is 5.85. The van der Waals surface area contributed by atoms with E-state index in [1.807, 2.05) is 6.92 Å². The summed E-state index contributed by atoms with van der Waals surface area (Å²) in [7, 11) is 0. The molecule has 3 N–H and O–H groups in total. The minimum atomic E-state index is -0.831. The first-order chi connectivity index (χ1) is 9.91. The zero-order valence-electron chi connectivity index (χ0n) is 12.3. The molecule has 1 heterocycles. The number of aliphatic carboxylic acids is 1. The lowest BCUT2D eigenvalue weighted by atomic mass is 9.71. The Balaban J connectivity index is 1.90. The Morgan fingerprint density at radius 3 is 2.67 bits per heavy atom. The average molecular weight is 311 g/mol. The van der Waals surface area contributed by atoms with Crippen molar-refractivity contribution in [2.24, 2.45) is 11.3 Å². The van der Waals surface area contributed by atoms with E-state index in [9.17, 15) is 14.7 Å². The molecule has 21 heavy (non-hydrogen) atoms. The van der Waals surface area contributed by atoms with Gasteiger partial charge in [-0.15, -0.1) is 11.3 Å². The fourth-order valence-corrected chi connectivity index (χ4v) is 3.24. The molecule has 0 unspecified atom stereocenters. The molecule has 1 aromatic rings. The molecule has 1 aromatic heterocycles. The number of nitrogens with one attached hydrogen (secondary N) is 2. The highest BCUT2D eigenvalue weighted by Crippen LogP contribution is 2.38. The predicted molar refractivity (Wildman–Crippen MR) is 81.6 cm³/mol. The van der Waals surface area contributed by atoms with Crippen LogP contribution < -0.4 is 10.6 Å². The van der Waals surface area contributed by atoms with Gasteiger partial charge in [-0.2, -0.15) is 0 Å². The second-order valence-corrected chi connectivity index (χ2v) is 7.09. The summed E-state index contributed by atoms with van der Waals surface area (Å²) in [6.07, 6.45) is 4.68. The second kappa shape index (κ2) is 6.43. The predicted octanol–water partition coefficient (Wildman–Crippen LogP) is 2.85. The number of hydrogen-bond acceptors (Lipinski definition) is 4. The Morgan fingerprint density at radius 1 is 1.48 bits per heavy atom. The first kappa shape index (κ1) is 15.8. The summed E-state index contributed by atoms with van der Waals surface area (Å²) in [6, 6.07) is -0.399. The smallest absolute Gasteiger partial charge is 0.321 e. The lowest BCUT2D eigenvalue weighted by Crippen LogP contribution is -2.46. The SMILES string of the molecule is Cc1cnc(NC(=O)NCC2(C(=O)O)CCC(C)CC2)s1. The summed E-state index contributed by atoms with van der Waals surface area (Å²) in [5, 5.41) is 15.3. The summed E-state index contributed by atoms with van der Waals surface area (Å²) in [6.45, 7) is 4.20. The van der Waals surface area contributed by atoms with E-state index in [0.717, 1.165) is 17.7 Å². The monoisotopic (exact) mass is 311 g/mol. The van der Waals surface area contributed by atoms with Crippen LogP contribution in [0.3, 0.4) is 0 Å². The maximum absolute atomic E-state index is 11.8. The van der Waals surface area contributed by atoms with Gasteiger partial charge < -0.3 is 10.4 Å². The van der Waals surface area contributed by atoms with E-state index >= 15 is 0 Å². The number of anilines is 1. The van der Waals surface area contributed by atoms with Crippen LogP contribution >= 0.6 is 11.3 Å². The first-order valence-electron chi connectivity index (χ1n) is 7.12. The van der Waals surface area contributed by atoms with Crippen molar-refractivity contribution in [1.29, 1.82) is 0 Å². The van der Waals surface area contributed by atoms with Crippen molar-refractivity contribution in [2.75, 3.05) is 11.9 Å². The van der Waals surface area contributed by atoms with Crippen molar-refractivity contribution in [3.05, 3.63) is 11.1 Å². The highest BCUT2D eigenvalue weighted by Gasteiger charge is 2.41. The van der Waals surface area contributed by atoms with Crippen LogP contribution in [0, 0.1) is 18.3 Å². The van der Waals surface area contributed by atoms with Gasteiger partial charge in [0.2, 0.25) is 0 Å². The number of aryl methyl sites for hydroxylation is 1. The van der Waals surface area contributed by atoms with Crippen molar-refractivity contribution in [3.8, 4) is 0 Å². The molecule has 1 saturated carbocycles. The van der Waals surface area contributed by atoms with Gasteiger partial charge in [0, 0.05) is 17.6 Å². The van der Waals surface area contributed by atoms with E-state index in [1.165, 1.54) is 11.3 Å². The molecule has 2 rings (SSSR count). The third-order valence-electron chi connectivity index (χ3n) is 4.11. The number of aromatic nitrogens is 1. The van der Waals surface area contributed by atoms with Gasteiger partial charge in [-0.1, -0.05) is 6.92 Å². The number of carbonyl (C=O) groups is 2. The van der Waals surface area contributed by atoms with Gasteiger partial charge in [0.25, 0.3) is 0 Å². The van der Waals surface area contributed by atoms with Gasteiger partial charge in [-0.25, -0.2) is 9.78 Å². The Morgan fingerprint density at radius 2 is 2.14 bits per heavy atom. The molecule has 6 nitrogen and oxygen atoms in total. The number of thiazole rings is 1. The molecule has 2 amide bonds. The van der Waals surface area contributed by atoms with Gasteiger partial charge in [-0.3, -0.25) is 10.1 Å². The molecule has 1 aliphatic rings. The summed E-state index contributed by atoms with van der Waals surface area (Å²) in [5.74, 6) is -0.260. The lowest BCUT2D eigenvalue weighted by molar-refractivity contribution is -0.151. The highest BCUT2D eigenvalue weighted by atomic mass is 32.1. The van der Waals surface area contributed by atoms with Crippen molar-refractivity contribution < 1.29 is 14.7 Å². The minimum absolute atomic E-state index is 0.158. The van der Waals surface area contributed by atoms with Crippen LogP contribution in [0.5, 0.6) is 0 Å². The molecular weight excluding hydrogens is 290 g/mol. The third-order valence-corrected chi connectivity index (χ3v) is 4.94. The fourth-order valence-electron chi connectivity index (χ4n) is 2.58. The third kappa shape index (κ3) is 3.93. The van der Waals surface area contributed by atoms with Gasteiger partial charge in [0.15, 0.2) is 5.13 Å². The average Bonchev–Trinajstić information content (AvgIpc) is 2.83.